The number of nitrogens with zero attached hydrogens (tertiary/aromatic N) is 2. The van der Waals surface area contributed by atoms with E-state index in [1.165, 1.54) is 16.2 Å². The quantitative estimate of drug-likeness (QED) is 0.582. The monoisotopic (exact) mass is 386 g/mol. The highest BCUT2D eigenvalue weighted by Gasteiger charge is 2.24. The summed E-state index contributed by atoms with van der Waals surface area (Å²) in [6.07, 6.45) is 0. The van der Waals surface area contributed by atoms with Crippen LogP contribution in [0, 0.1) is 0 Å². The summed E-state index contributed by atoms with van der Waals surface area (Å²) in [5, 5.41) is 2.52. The van der Waals surface area contributed by atoms with E-state index in [0.717, 1.165) is 0 Å². The lowest BCUT2D eigenvalue weighted by Gasteiger charge is -2.20. The van der Waals surface area contributed by atoms with Crippen LogP contribution in [0.15, 0.2) is 60.0 Å². The Morgan fingerprint density at radius 1 is 1.12 bits per heavy atom. The SMILES string of the molecule is CCOC(=O)c1csc(N(C(=O)c2ccccc2)c2ccc(Cl)cc2)n1. The van der Waals surface area contributed by atoms with Gasteiger partial charge in [-0.3, -0.25) is 9.69 Å². The number of rotatable bonds is 5. The van der Waals surface area contributed by atoms with Gasteiger partial charge in [0, 0.05) is 16.0 Å². The normalized spacial score (nSPS) is 10.4. The summed E-state index contributed by atoms with van der Waals surface area (Å²) in [7, 11) is 0. The molecule has 26 heavy (non-hydrogen) atoms. The summed E-state index contributed by atoms with van der Waals surface area (Å²) < 4.78 is 4.97. The third kappa shape index (κ3) is 3.92. The van der Waals surface area contributed by atoms with Gasteiger partial charge in [-0.15, -0.1) is 11.3 Å². The fourth-order valence-corrected chi connectivity index (χ4v) is 3.22. The summed E-state index contributed by atoms with van der Waals surface area (Å²) in [4.78, 5) is 30.7. The van der Waals surface area contributed by atoms with Crippen molar-refractivity contribution in [1.82, 2.24) is 4.98 Å². The number of carbonyl (C=O) groups excluding carboxylic acids is 2. The van der Waals surface area contributed by atoms with E-state index in [1.807, 2.05) is 6.07 Å². The van der Waals surface area contributed by atoms with E-state index in [2.05, 4.69) is 4.98 Å². The Morgan fingerprint density at radius 3 is 2.46 bits per heavy atom. The van der Waals surface area contributed by atoms with Gasteiger partial charge < -0.3 is 4.74 Å². The molecule has 3 rings (SSSR count). The number of benzene rings is 2. The van der Waals surface area contributed by atoms with E-state index in [-0.39, 0.29) is 18.2 Å². The maximum absolute atomic E-state index is 13.1. The summed E-state index contributed by atoms with van der Waals surface area (Å²) >= 11 is 7.16. The fraction of sp³-hybridized carbons (Fsp3) is 0.105. The van der Waals surface area contributed by atoms with Crippen molar-refractivity contribution in [3.63, 3.8) is 0 Å². The zero-order valence-corrected chi connectivity index (χ0v) is 15.5. The number of ether oxygens (including phenoxy) is 1. The van der Waals surface area contributed by atoms with Gasteiger partial charge in [0.15, 0.2) is 10.8 Å². The number of aromatic nitrogens is 1. The van der Waals surface area contributed by atoms with Gasteiger partial charge in [0.2, 0.25) is 0 Å². The molecule has 0 spiro atoms. The minimum Gasteiger partial charge on any atom is -0.461 e. The number of amides is 1. The number of carbonyl (C=O) groups is 2. The van der Waals surface area contributed by atoms with Crippen molar-refractivity contribution >= 4 is 45.6 Å². The predicted molar refractivity (Wildman–Crippen MR) is 102 cm³/mol. The summed E-state index contributed by atoms with van der Waals surface area (Å²) in [6.45, 7) is 1.99. The molecule has 3 aromatic rings. The van der Waals surface area contributed by atoms with Crippen molar-refractivity contribution in [2.24, 2.45) is 0 Å². The second kappa shape index (κ2) is 8.12. The van der Waals surface area contributed by atoms with Crippen molar-refractivity contribution in [2.45, 2.75) is 6.92 Å². The lowest BCUT2D eigenvalue weighted by molar-refractivity contribution is 0.0520. The zero-order chi connectivity index (χ0) is 18.5. The van der Waals surface area contributed by atoms with Gasteiger partial charge in [-0.25, -0.2) is 9.78 Å². The average Bonchev–Trinajstić information content (AvgIpc) is 3.14. The largest absolute Gasteiger partial charge is 0.461 e. The van der Waals surface area contributed by atoms with Gasteiger partial charge in [0.1, 0.15) is 0 Å². The first-order chi connectivity index (χ1) is 12.6. The van der Waals surface area contributed by atoms with E-state index >= 15 is 0 Å². The molecule has 0 saturated heterocycles. The summed E-state index contributed by atoms with van der Waals surface area (Å²) in [5.41, 5.74) is 1.29. The molecular weight excluding hydrogens is 372 g/mol. The smallest absolute Gasteiger partial charge is 0.357 e. The molecule has 0 unspecified atom stereocenters. The van der Waals surface area contributed by atoms with Gasteiger partial charge in [0.05, 0.1) is 12.3 Å². The number of esters is 1. The van der Waals surface area contributed by atoms with E-state index in [4.69, 9.17) is 16.3 Å². The van der Waals surface area contributed by atoms with Crippen LogP contribution in [0.4, 0.5) is 10.8 Å². The molecule has 132 valence electrons. The maximum Gasteiger partial charge on any atom is 0.357 e. The standard InChI is InChI=1S/C19H15ClN2O3S/c1-2-25-18(24)16-12-26-19(21-16)22(15-10-8-14(20)9-11-15)17(23)13-6-4-3-5-7-13/h3-12H,2H2,1H3. The van der Waals surface area contributed by atoms with Crippen LogP contribution in [0.1, 0.15) is 27.8 Å². The molecular formula is C19H15ClN2O3S. The fourth-order valence-electron chi connectivity index (χ4n) is 2.28. The van der Waals surface area contributed by atoms with Gasteiger partial charge in [0.25, 0.3) is 5.91 Å². The van der Waals surface area contributed by atoms with Crippen molar-refractivity contribution < 1.29 is 14.3 Å². The molecule has 0 aliphatic heterocycles. The molecule has 7 heteroatoms. The molecule has 0 saturated carbocycles. The minimum atomic E-state index is -0.516. The van der Waals surface area contributed by atoms with Crippen molar-refractivity contribution in [1.29, 1.82) is 0 Å². The molecule has 1 aromatic heterocycles. The van der Waals surface area contributed by atoms with E-state index < -0.39 is 5.97 Å². The van der Waals surface area contributed by atoms with Gasteiger partial charge >= 0.3 is 5.97 Å². The highest BCUT2D eigenvalue weighted by atomic mass is 35.5. The predicted octanol–water partition coefficient (Wildman–Crippen LogP) is 4.95. The molecule has 0 fully saturated rings. The Hall–Kier alpha value is -2.70. The van der Waals surface area contributed by atoms with Crippen LogP contribution in [0.25, 0.3) is 0 Å². The van der Waals surface area contributed by atoms with Crippen LogP contribution in [0.3, 0.4) is 0 Å². The lowest BCUT2D eigenvalue weighted by atomic mass is 10.2. The van der Waals surface area contributed by atoms with Crippen LogP contribution in [0.2, 0.25) is 5.02 Å². The zero-order valence-electron chi connectivity index (χ0n) is 13.9. The van der Waals surface area contributed by atoms with E-state index in [9.17, 15) is 9.59 Å². The van der Waals surface area contributed by atoms with Crippen LogP contribution in [-0.4, -0.2) is 23.5 Å². The average molecular weight is 387 g/mol. The Morgan fingerprint density at radius 2 is 1.81 bits per heavy atom. The molecule has 1 amide bonds. The molecule has 0 bridgehead atoms. The molecule has 5 nitrogen and oxygen atoms in total. The third-order valence-corrected chi connectivity index (χ3v) is 4.55. The minimum absolute atomic E-state index is 0.173. The second-order valence-corrected chi connectivity index (χ2v) is 6.49. The molecule has 2 aromatic carbocycles. The molecule has 0 aliphatic carbocycles. The van der Waals surface area contributed by atoms with Crippen LogP contribution >= 0.6 is 22.9 Å². The molecule has 0 N–H and O–H groups in total. The Bertz CT molecular complexity index is 910. The molecule has 0 atom stereocenters. The molecule has 1 heterocycles. The van der Waals surface area contributed by atoms with Crippen molar-refractivity contribution in [3.8, 4) is 0 Å². The highest BCUT2D eigenvalue weighted by molar-refractivity contribution is 7.14. The molecule has 0 radical (unpaired) electrons. The van der Waals surface area contributed by atoms with E-state index in [1.54, 1.807) is 60.8 Å². The summed E-state index contributed by atoms with van der Waals surface area (Å²) in [6, 6.07) is 15.7. The third-order valence-electron chi connectivity index (χ3n) is 3.48. The van der Waals surface area contributed by atoms with Crippen LogP contribution in [0.5, 0.6) is 0 Å². The highest BCUT2D eigenvalue weighted by Crippen LogP contribution is 2.31. The van der Waals surface area contributed by atoms with Gasteiger partial charge in [-0.05, 0) is 43.3 Å². The number of hydrogen-bond acceptors (Lipinski definition) is 5. The van der Waals surface area contributed by atoms with Crippen LogP contribution < -0.4 is 4.90 Å². The van der Waals surface area contributed by atoms with Crippen LogP contribution in [-0.2, 0) is 4.74 Å². The lowest BCUT2D eigenvalue weighted by Crippen LogP contribution is -2.26. The number of halogens is 1. The van der Waals surface area contributed by atoms with Gasteiger partial charge in [-0.1, -0.05) is 29.8 Å². The maximum atomic E-state index is 13.1. The van der Waals surface area contributed by atoms with E-state index in [0.29, 0.717) is 21.4 Å². The first-order valence-electron chi connectivity index (χ1n) is 7.88. The Labute approximate surface area is 159 Å². The Balaban J connectivity index is 2.02. The number of hydrogen-bond donors (Lipinski definition) is 0. The Kier molecular flexibility index (Phi) is 5.65. The first-order valence-corrected chi connectivity index (χ1v) is 9.13. The van der Waals surface area contributed by atoms with Gasteiger partial charge in [-0.2, -0.15) is 0 Å². The second-order valence-electron chi connectivity index (χ2n) is 5.22. The van der Waals surface area contributed by atoms with Crippen molar-refractivity contribution in [2.75, 3.05) is 11.5 Å². The topological polar surface area (TPSA) is 59.5 Å². The number of anilines is 2. The number of thiazole rings is 1. The van der Waals surface area contributed by atoms with Crippen molar-refractivity contribution in [3.05, 3.63) is 76.3 Å². The summed E-state index contributed by atoms with van der Waals surface area (Å²) in [5.74, 6) is -0.768. The molecule has 0 aliphatic rings. The first kappa shape index (κ1) is 18.1.